The monoisotopic (exact) mass is 205 g/mol. The van der Waals surface area contributed by atoms with Crippen LogP contribution in [0.5, 0.6) is 0 Å². The Morgan fingerprint density at radius 3 is 2.21 bits per heavy atom. The molecule has 0 aromatic heterocycles. The van der Waals surface area contributed by atoms with Gasteiger partial charge in [0.05, 0.1) is 5.41 Å². The van der Waals surface area contributed by atoms with Gasteiger partial charge in [-0.3, -0.25) is 9.74 Å². The number of carbonyl (C=O) groups is 2. The topological polar surface area (TPSA) is 46.6 Å². The van der Waals surface area contributed by atoms with Gasteiger partial charge in [-0.15, -0.1) is 0 Å². The quantitative estimate of drug-likeness (QED) is 0.695. The van der Waals surface area contributed by atoms with Crippen molar-refractivity contribution in [3.63, 3.8) is 0 Å². The van der Waals surface area contributed by atoms with Crippen molar-refractivity contribution in [2.45, 2.75) is 26.7 Å². The molecule has 0 fully saturated rings. The molecule has 0 aromatic rings. The smallest absolute Gasteiger partial charge is 0.349 e. The molecule has 0 spiro atoms. The number of hydrogen-bond acceptors (Lipinski definition) is 3. The number of rotatable bonds is 4. The molecule has 0 heterocycles. The Balaban J connectivity index is 4.12. The van der Waals surface area contributed by atoms with Gasteiger partial charge in [-0.2, -0.15) is 0 Å². The van der Waals surface area contributed by atoms with Crippen LogP contribution in [-0.4, -0.2) is 30.9 Å². The summed E-state index contributed by atoms with van der Waals surface area (Å²) in [7, 11) is 3.26. The van der Waals surface area contributed by atoms with Crippen LogP contribution in [0.2, 0.25) is 0 Å². The van der Waals surface area contributed by atoms with Gasteiger partial charge in [0.15, 0.2) is 0 Å². The minimum atomic E-state index is -0.958. The predicted molar refractivity (Wildman–Crippen MR) is 48.9 cm³/mol. The molecule has 82 valence electrons. The van der Waals surface area contributed by atoms with Crippen LogP contribution in [0, 0.1) is 5.41 Å². The fraction of sp³-hybridized carbons (Fsp3) is 0.778. The fourth-order valence-corrected chi connectivity index (χ4v) is 0.850. The molecule has 14 heavy (non-hydrogen) atoms. The molecule has 0 atom stereocenters. The van der Waals surface area contributed by atoms with Gasteiger partial charge in [-0.25, -0.2) is 4.79 Å². The third-order valence-corrected chi connectivity index (χ3v) is 2.09. The highest BCUT2D eigenvalue weighted by Crippen LogP contribution is 2.24. The maximum Gasteiger partial charge on any atom is 0.354 e. The van der Waals surface area contributed by atoms with Gasteiger partial charge in [0, 0.05) is 25.0 Å². The van der Waals surface area contributed by atoms with Crippen molar-refractivity contribution in [1.82, 2.24) is 4.90 Å². The molecule has 0 aliphatic rings. The normalized spacial score (nSPS) is 10.9. The molecule has 0 rings (SSSR count). The van der Waals surface area contributed by atoms with Crippen LogP contribution in [0.25, 0.3) is 0 Å². The molecule has 0 saturated carbocycles. The number of hydrogen-bond donors (Lipinski definition) is 0. The maximum absolute atomic E-state index is 11.6. The van der Waals surface area contributed by atoms with E-state index in [-0.39, 0.29) is 18.7 Å². The van der Waals surface area contributed by atoms with Gasteiger partial charge >= 0.3 is 5.97 Å². The number of nitrogens with zero attached hydrogens (tertiary/aromatic N) is 1. The summed E-state index contributed by atoms with van der Waals surface area (Å²) in [4.78, 5) is 26.6. The molecular weight excluding hydrogens is 189 g/mol. The summed E-state index contributed by atoms with van der Waals surface area (Å²) in [6, 6.07) is 0. The van der Waals surface area contributed by atoms with Crippen LogP contribution in [-0.2, 0) is 14.5 Å². The second-order valence-corrected chi connectivity index (χ2v) is 4.04. The molecular formula is C9H16FNO3. The first-order valence-electron chi connectivity index (χ1n) is 4.34. The number of amides is 1. The summed E-state index contributed by atoms with van der Waals surface area (Å²) in [6.07, 6.45) is 0.474. The summed E-state index contributed by atoms with van der Waals surface area (Å²) in [5.74, 6) is -1.03. The second kappa shape index (κ2) is 4.93. The Kier molecular flexibility index (Phi) is 4.53. The Labute approximate surface area is 82.9 Å². The van der Waals surface area contributed by atoms with Crippen LogP contribution in [0.1, 0.15) is 26.7 Å². The summed E-state index contributed by atoms with van der Waals surface area (Å²) >= 11 is 0. The van der Waals surface area contributed by atoms with E-state index in [0.717, 1.165) is 0 Å². The summed E-state index contributed by atoms with van der Waals surface area (Å²) in [5.41, 5.74) is -0.958. The number of carbonyl (C=O) groups excluding carboxylic acids is 2. The van der Waals surface area contributed by atoms with Crippen LogP contribution in [0.4, 0.5) is 4.53 Å². The average molecular weight is 205 g/mol. The van der Waals surface area contributed by atoms with Gasteiger partial charge in [0.2, 0.25) is 5.91 Å². The SMILES string of the molecule is CN(C)C(=O)CCC(C)(C)C(=O)OF. The molecule has 0 aliphatic carbocycles. The van der Waals surface area contributed by atoms with E-state index in [1.807, 2.05) is 0 Å². The van der Waals surface area contributed by atoms with E-state index in [2.05, 4.69) is 4.94 Å². The zero-order valence-electron chi connectivity index (χ0n) is 8.96. The minimum Gasteiger partial charge on any atom is -0.349 e. The van der Waals surface area contributed by atoms with Gasteiger partial charge in [0.1, 0.15) is 0 Å². The van der Waals surface area contributed by atoms with Crippen LogP contribution >= 0.6 is 0 Å². The minimum absolute atomic E-state index is 0.0928. The van der Waals surface area contributed by atoms with Crippen molar-refractivity contribution >= 4 is 11.9 Å². The lowest BCUT2D eigenvalue weighted by molar-refractivity contribution is -0.195. The lowest BCUT2D eigenvalue weighted by Gasteiger charge is -2.19. The number of halogens is 1. The predicted octanol–water partition coefficient (Wildman–Crippen LogP) is 1.31. The van der Waals surface area contributed by atoms with Crippen molar-refractivity contribution < 1.29 is 19.1 Å². The highest BCUT2D eigenvalue weighted by atomic mass is 19.3. The Morgan fingerprint density at radius 2 is 1.86 bits per heavy atom. The van der Waals surface area contributed by atoms with Crippen LogP contribution in [0.15, 0.2) is 0 Å². The molecule has 4 nitrogen and oxygen atoms in total. The van der Waals surface area contributed by atoms with Gasteiger partial charge in [-0.05, 0) is 20.3 Å². The fourth-order valence-electron chi connectivity index (χ4n) is 0.850. The Morgan fingerprint density at radius 1 is 1.36 bits per heavy atom. The third kappa shape index (κ3) is 3.72. The van der Waals surface area contributed by atoms with Crippen LogP contribution < -0.4 is 0 Å². The zero-order chi connectivity index (χ0) is 11.4. The Hall–Kier alpha value is -1.13. The lowest BCUT2D eigenvalue weighted by atomic mass is 9.88. The van der Waals surface area contributed by atoms with E-state index >= 15 is 0 Å². The largest absolute Gasteiger partial charge is 0.354 e. The molecule has 0 saturated heterocycles. The summed E-state index contributed by atoms with van der Waals surface area (Å²) < 4.78 is 11.6. The van der Waals surface area contributed by atoms with E-state index in [0.29, 0.717) is 0 Å². The van der Waals surface area contributed by atoms with E-state index in [1.54, 1.807) is 14.1 Å². The molecule has 0 bridgehead atoms. The first-order valence-corrected chi connectivity index (χ1v) is 4.34. The van der Waals surface area contributed by atoms with Gasteiger partial charge in [0.25, 0.3) is 0 Å². The zero-order valence-corrected chi connectivity index (χ0v) is 8.96. The van der Waals surface area contributed by atoms with Crippen molar-refractivity contribution in [1.29, 1.82) is 0 Å². The van der Waals surface area contributed by atoms with Crippen molar-refractivity contribution in [3.8, 4) is 0 Å². The van der Waals surface area contributed by atoms with E-state index in [4.69, 9.17) is 0 Å². The average Bonchev–Trinajstić information content (AvgIpc) is 2.12. The van der Waals surface area contributed by atoms with Gasteiger partial charge < -0.3 is 4.90 Å². The lowest BCUT2D eigenvalue weighted by Crippen LogP contribution is -2.28. The molecule has 0 unspecified atom stereocenters. The highest BCUT2D eigenvalue weighted by Gasteiger charge is 2.31. The molecule has 5 heteroatoms. The standard InChI is InChI=1S/C9H16FNO3/c1-9(2,8(13)14-10)6-5-7(12)11(3)4/h5-6H2,1-4H3. The van der Waals surface area contributed by atoms with E-state index in [1.165, 1.54) is 18.7 Å². The molecule has 0 radical (unpaired) electrons. The highest BCUT2D eigenvalue weighted by molar-refractivity contribution is 5.78. The van der Waals surface area contributed by atoms with Crippen LogP contribution in [0.3, 0.4) is 0 Å². The maximum atomic E-state index is 11.6. The van der Waals surface area contributed by atoms with Crippen molar-refractivity contribution in [2.24, 2.45) is 5.41 Å². The molecule has 1 amide bonds. The summed E-state index contributed by atoms with van der Waals surface area (Å²) in [6.45, 7) is 3.08. The van der Waals surface area contributed by atoms with Gasteiger partial charge in [-0.1, -0.05) is 0 Å². The third-order valence-electron chi connectivity index (χ3n) is 2.09. The molecule has 0 N–H and O–H groups in total. The first kappa shape index (κ1) is 12.9. The van der Waals surface area contributed by atoms with E-state index in [9.17, 15) is 14.1 Å². The van der Waals surface area contributed by atoms with Crippen molar-refractivity contribution in [2.75, 3.05) is 14.1 Å². The molecule has 0 aromatic carbocycles. The molecule has 0 aliphatic heterocycles. The Bertz CT molecular complexity index is 226. The second-order valence-electron chi connectivity index (χ2n) is 4.04. The van der Waals surface area contributed by atoms with E-state index < -0.39 is 11.4 Å². The van der Waals surface area contributed by atoms with Crippen molar-refractivity contribution in [3.05, 3.63) is 0 Å². The first-order chi connectivity index (χ1) is 6.31. The summed E-state index contributed by atoms with van der Waals surface area (Å²) in [5, 5.41) is 0.